The number of nitrogens with zero attached hydrogens (tertiary/aromatic N) is 3. The molecule has 0 aromatic heterocycles. The van der Waals surface area contributed by atoms with Crippen molar-refractivity contribution in [1.29, 1.82) is 5.26 Å². The Balaban J connectivity index is 1.78. The van der Waals surface area contributed by atoms with Gasteiger partial charge < -0.3 is 9.64 Å². The lowest BCUT2D eigenvalue weighted by atomic mass is 9.69. The number of carbonyl (C=O) groups excluding carboxylic acids is 2. The quantitative estimate of drug-likeness (QED) is 0.696. The lowest BCUT2D eigenvalue weighted by Crippen LogP contribution is -2.54. The highest BCUT2D eigenvalue weighted by molar-refractivity contribution is 5.86. The van der Waals surface area contributed by atoms with Crippen molar-refractivity contribution in [3.05, 3.63) is 0 Å². The third-order valence-electron chi connectivity index (χ3n) is 4.35. The minimum absolute atomic E-state index is 0.00105. The molecule has 1 saturated carbocycles. The summed E-state index contributed by atoms with van der Waals surface area (Å²) < 4.78 is 4.62. The Morgan fingerprint density at radius 2 is 1.90 bits per heavy atom. The molecule has 0 N–H and O–H groups in total. The summed E-state index contributed by atoms with van der Waals surface area (Å²) in [5.74, 6) is -0.208. The van der Waals surface area contributed by atoms with E-state index in [4.69, 9.17) is 0 Å². The standard InChI is InChI=1S/C14H21N3O3/c1-20-12(18)3-6-16-7-9-17(10-8-16)13(19)14(11-15)4-2-5-14/h2-10H2,1H3. The lowest BCUT2D eigenvalue weighted by molar-refractivity contribution is -0.145. The summed E-state index contributed by atoms with van der Waals surface area (Å²) in [4.78, 5) is 27.4. The number of methoxy groups -OCH3 is 1. The van der Waals surface area contributed by atoms with Gasteiger partial charge in [0.05, 0.1) is 19.6 Å². The van der Waals surface area contributed by atoms with Crippen LogP contribution in [0, 0.1) is 16.7 Å². The SMILES string of the molecule is COC(=O)CCN1CCN(C(=O)C2(C#N)CCC2)CC1. The molecule has 6 heteroatoms. The fraction of sp³-hybridized carbons (Fsp3) is 0.786. The van der Waals surface area contributed by atoms with Crippen molar-refractivity contribution in [2.24, 2.45) is 5.41 Å². The van der Waals surface area contributed by atoms with Gasteiger partial charge in [-0.15, -0.1) is 0 Å². The normalized spacial score (nSPS) is 21.7. The highest BCUT2D eigenvalue weighted by atomic mass is 16.5. The largest absolute Gasteiger partial charge is 0.469 e. The van der Waals surface area contributed by atoms with Crippen molar-refractivity contribution in [3.63, 3.8) is 0 Å². The maximum absolute atomic E-state index is 12.4. The van der Waals surface area contributed by atoms with Crippen LogP contribution in [0.3, 0.4) is 0 Å². The van der Waals surface area contributed by atoms with Gasteiger partial charge in [-0.2, -0.15) is 5.26 Å². The zero-order valence-electron chi connectivity index (χ0n) is 11.9. The Kier molecular flexibility index (Phi) is 4.61. The van der Waals surface area contributed by atoms with E-state index in [-0.39, 0.29) is 11.9 Å². The summed E-state index contributed by atoms with van der Waals surface area (Å²) in [7, 11) is 1.39. The summed E-state index contributed by atoms with van der Waals surface area (Å²) in [6, 6.07) is 2.20. The number of esters is 1. The molecule has 6 nitrogen and oxygen atoms in total. The van der Waals surface area contributed by atoms with Gasteiger partial charge in [-0.1, -0.05) is 0 Å². The number of piperazine rings is 1. The van der Waals surface area contributed by atoms with E-state index in [0.29, 0.717) is 38.9 Å². The number of nitriles is 1. The molecule has 0 aromatic carbocycles. The molecule has 2 aliphatic rings. The van der Waals surface area contributed by atoms with Crippen LogP contribution in [0.25, 0.3) is 0 Å². The highest BCUT2D eigenvalue weighted by Crippen LogP contribution is 2.41. The molecule has 20 heavy (non-hydrogen) atoms. The van der Waals surface area contributed by atoms with E-state index in [9.17, 15) is 14.9 Å². The molecule has 2 rings (SSSR count). The Labute approximate surface area is 119 Å². The van der Waals surface area contributed by atoms with Crippen LogP contribution in [-0.4, -0.2) is 61.5 Å². The fourth-order valence-corrected chi connectivity index (χ4v) is 2.73. The number of amides is 1. The molecule has 0 unspecified atom stereocenters. The molecule has 0 radical (unpaired) electrons. The highest BCUT2D eigenvalue weighted by Gasteiger charge is 2.47. The average Bonchev–Trinajstić information content (AvgIpc) is 2.44. The van der Waals surface area contributed by atoms with Crippen molar-refractivity contribution in [1.82, 2.24) is 9.80 Å². The van der Waals surface area contributed by atoms with Crippen molar-refractivity contribution >= 4 is 11.9 Å². The Morgan fingerprint density at radius 3 is 2.35 bits per heavy atom. The van der Waals surface area contributed by atoms with E-state index < -0.39 is 5.41 Å². The van der Waals surface area contributed by atoms with Crippen molar-refractivity contribution in [2.75, 3.05) is 39.8 Å². The Hall–Kier alpha value is -1.61. The number of hydrogen-bond donors (Lipinski definition) is 0. The van der Waals surface area contributed by atoms with Gasteiger partial charge in [-0.05, 0) is 19.3 Å². The van der Waals surface area contributed by atoms with Crippen LogP contribution < -0.4 is 0 Å². The van der Waals surface area contributed by atoms with Crippen LogP contribution in [-0.2, 0) is 14.3 Å². The van der Waals surface area contributed by atoms with Gasteiger partial charge in [0.25, 0.3) is 0 Å². The van der Waals surface area contributed by atoms with E-state index in [1.54, 1.807) is 4.90 Å². The zero-order chi connectivity index (χ0) is 14.6. The number of ether oxygens (including phenoxy) is 1. The van der Waals surface area contributed by atoms with Gasteiger partial charge in [-0.25, -0.2) is 0 Å². The van der Waals surface area contributed by atoms with E-state index in [2.05, 4.69) is 15.7 Å². The lowest BCUT2D eigenvalue weighted by Gasteiger charge is -2.41. The third-order valence-corrected chi connectivity index (χ3v) is 4.35. The van der Waals surface area contributed by atoms with E-state index in [1.165, 1.54) is 7.11 Å². The maximum atomic E-state index is 12.4. The van der Waals surface area contributed by atoms with Crippen LogP contribution >= 0.6 is 0 Å². The molecule has 2 fully saturated rings. The topological polar surface area (TPSA) is 73.6 Å². The molecule has 0 spiro atoms. The van der Waals surface area contributed by atoms with Gasteiger partial charge >= 0.3 is 5.97 Å². The summed E-state index contributed by atoms with van der Waals surface area (Å²) in [6.07, 6.45) is 2.75. The second-order valence-electron chi connectivity index (χ2n) is 5.51. The predicted octanol–water partition coefficient (Wildman–Crippen LogP) is 0.388. The first kappa shape index (κ1) is 14.8. The minimum Gasteiger partial charge on any atom is -0.469 e. The van der Waals surface area contributed by atoms with Crippen LogP contribution in [0.15, 0.2) is 0 Å². The van der Waals surface area contributed by atoms with Crippen LogP contribution in [0.1, 0.15) is 25.7 Å². The third kappa shape index (κ3) is 2.93. The molecule has 1 aliphatic heterocycles. The number of carbonyl (C=O) groups is 2. The first-order valence-corrected chi connectivity index (χ1v) is 7.11. The smallest absolute Gasteiger partial charge is 0.306 e. The molecule has 0 bridgehead atoms. The summed E-state index contributed by atoms with van der Waals surface area (Å²) in [5, 5.41) is 9.20. The molecule has 1 amide bonds. The molecule has 1 saturated heterocycles. The maximum Gasteiger partial charge on any atom is 0.306 e. The van der Waals surface area contributed by atoms with Crippen LogP contribution in [0.4, 0.5) is 0 Å². The minimum atomic E-state index is -0.742. The van der Waals surface area contributed by atoms with Crippen LogP contribution in [0.5, 0.6) is 0 Å². The molecule has 1 heterocycles. The van der Waals surface area contributed by atoms with Crippen molar-refractivity contribution < 1.29 is 14.3 Å². The second kappa shape index (κ2) is 6.23. The fourth-order valence-electron chi connectivity index (χ4n) is 2.73. The molecule has 110 valence electrons. The van der Waals surface area contributed by atoms with Gasteiger partial charge in [0.15, 0.2) is 0 Å². The van der Waals surface area contributed by atoms with Gasteiger partial charge in [0.1, 0.15) is 5.41 Å². The predicted molar refractivity (Wildman–Crippen MR) is 71.6 cm³/mol. The first-order chi connectivity index (χ1) is 9.61. The molecule has 0 aromatic rings. The molecule has 0 atom stereocenters. The molecular formula is C14H21N3O3. The number of hydrogen-bond acceptors (Lipinski definition) is 5. The Bertz CT molecular complexity index is 418. The van der Waals surface area contributed by atoms with E-state index in [0.717, 1.165) is 19.5 Å². The van der Waals surface area contributed by atoms with Gasteiger partial charge in [0.2, 0.25) is 5.91 Å². The second-order valence-corrected chi connectivity index (χ2v) is 5.51. The zero-order valence-corrected chi connectivity index (χ0v) is 11.9. The van der Waals surface area contributed by atoms with E-state index in [1.807, 2.05) is 0 Å². The van der Waals surface area contributed by atoms with Crippen molar-refractivity contribution in [2.45, 2.75) is 25.7 Å². The summed E-state index contributed by atoms with van der Waals surface area (Å²) in [6.45, 7) is 3.46. The molecule has 1 aliphatic carbocycles. The van der Waals surface area contributed by atoms with E-state index >= 15 is 0 Å². The molecular weight excluding hydrogens is 258 g/mol. The monoisotopic (exact) mass is 279 g/mol. The summed E-state index contributed by atoms with van der Waals surface area (Å²) in [5.41, 5.74) is -0.742. The Morgan fingerprint density at radius 1 is 1.25 bits per heavy atom. The van der Waals surface area contributed by atoms with Crippen LogP contribution in [0.2, 0.25) is 0 Å². The van der Waals surface area contributed by atoms with Gasteiger partial charge in [0, 0.05) is 32.7 Å². The first-order valence-electron chi connectivity index (χ1n) is 7.11. The van der Waals surface area contributed by atoms with Crippen molar-refractivity contribution in [3.8, 4) is 6.07 Å². The number of rotatable bonds is 4. The van der Waals surface area contributed by atoms with Gasteiger partial charge in [-0.3, -0.25) is 14.5 Å². The average molecular weight is 279 g/mol. The summed E-state index contributed by atoms with van der Waals surface area (Å²) >= 11 is 0.